The molecule has 0 aromatic heterocycles. The number of amides is 2. The molecule has 33 heavy (non-hydrogen) atoms. The first kappa shape index (κ1) is 22.6. The van der Waals surface area contributed by atoms with Crippen LogP contribution in [-0.2, 0) is 19.1 Å². The van der Waals surface area contributed by atoms with Gasteiger partial charge in [-0.1, -0.05) is 6.07 Å². The summed E-state index contributed by atoms with van der Waals surface area (Å²) in [4.78, 5) is 42.7. The number of halogens is 1. The molecule has 2 heterocycles. The number of hydrogen-bond acceptors (Lipinski definition) is 6. The molecular weight excluding hydrogens is 429 g/mol. The summed E-state index contributed by atoms with van der Waals surface area (Å²) < 4.78 is 23.6. The van der Waals surface area contributed by atoms with E-state index in [1.807, 2.05) is 0 Å². The van der Waals surface area contributed by atoms with Crippen molar-refractivity contribution in [2.24, 2.45) is 5.92 Å². The fraction of sp³-hybridized carbons (Fsp3) is 0.375. The first-order valence-electron chi connectivity index (χ1n) is 10.8. The fourth-order valence-corrected chi connectivity index (χ4v) is 4.10. The van der Waals surface area contributed by atoms with Gasteiger partial charge in [0.15, 0.2) is 6.61 Å². The maximum atomic E-state index is 13.1. The summed E-state index contributed by atoms with van der Waals surface area (Å²) in [6.07, 6.45) is 0.0422. The van der Waals surface area contributed by atoms with Gasteiger partial charge >= 0.3 is 5.97 Å². The van der Waals surface area contributed by atoms with Crippen LogP contribution in [0.15, 0.2) is 48.5 Å². The molecule has 8 nitrogen and oxygen atoms in total. The van der Waals surface area contributed by atoms with Gasteiger partial charge in [0.05, 0.1) is 13.0 Å². The first-order valence-corrected chi connectivity index (χ1v) is 10.8. The number of carbonyl (C=O) groups excluding carboxylic acids is 3. The third-order valence-electron chi connectivity index (χ3n) is 5.99. The van der Waals surface area contributed by atoms with E-state index >= 15 is 0 Å². The lowest BCUT2D eigenvalue weighted by Gasteiger charge is -2.36. The van der Waals surface area contributed by atoms with Gasteiger partial charge in [-0.3, -0.25) is 14.4 Å². The molecule has 2 aromatic carbocycles. The molecule has 9 heteroatoms. The second-order valence-corrected chi connectivity index (χ2v) is 8.06. The Morgan fingerprint density at radius 1 is 1.03 bits per heavy atom. The zero-order valence-corrected chi connectivity index (χ0v) is 18.4. The number of esters is 1. The summed E-state index contributed by atoms with van der Waals surface area (Å²) in [5.74, 6) is -1.27. The molecular formula is C24H26FN3O5. The largest absolute Gasteiger partial charge is 0.497 e. The second-order valence-electron chi connectivity index (χ2n) is 8.06. The molecule has 1 atom stereocenters. The molecule has 2 aliphatic heterocycles. The standard InChI is InChI=1S/C24H26FN3O5/c1-32-21-4-2-3-20(14-21)28-15-17(13-22(28)29)24(31)33-16-23(30)27-11-9-26(10-12-27)19-7-5-18(25)6-8-19/h2-8,14,17H,9-13,15-16H2,1H3. The van der Waals surface area contributed by atoms with Gasteiger partial charge in [0.1, 0.15) is 11.6 Å². The maximum Gasteiger partial charge on any atom is 0.311 e. The maximum absolute atomic E-state index is 13.1. The van der Waals surface area contributed by atoms with Crippen LogP contribution >= 0.6 is 0 Å². The number of anilines is 2. The van der Waals surface area contributed by atoms with Crippen molar-refractivity contribution < 1.29 is 28.2 Å². The van der Waals surface area contributed by atoms with E-state index in [1.165, 1.54) is 17.0 Å². The van der Waals surface area contributed by atoms with Crippen molar-refractivity contribution in [3.05, 3.63) is 54.3 Å². The van der Waals surface area contributed by atoms with Crippen molar-refractivity contribution in [3.8, 4) is 5.75 Å². The van der Waals surface area contributed by atoms with Crippen LogP contribution in [0.5, 0.6) is 5.75 Å². The van der Waals surface area contributed by atoms with Crippen LogP contribution in [0.2, 0.25) is 0 Å². The van der Waals surface area contributed by atoms with E-state index in [2.05, 4.69) is 4.90 Å². The molecule has 2 amide bonds. The van der Waals surface area contributed by atoms with Crippen LogP contribution in [0.3, 0.4) is 0 Å². The molecule has 0 radical (unpaired) electrons. The monoisotopic (exact) mass is 455 g/mol. The molecule has 1 unspecified atom stereocenters. The highest BCUT2D eigenvalue weighted by atomic mass is 19.1. The van der Waals surface area contributed by atoms with Crippen molar-refractivity contribution in [2.45, 2.75) is 6.42 Å². The summed E-state index contributed by atoms with van der Waals surface area (Å²) in [6.45, 7) is 2.04. The molecule has 0 spiro atoms. The summed E-state index contributed by atoms with van der Waals surface area (Å²) in [5, 5.41) is 0. The first-order chi connectivity index (χ1) is 15.9. The Morgan fingerprint density at radius 2 is 1.76 bits per heavy atom. The molecule has 0 saturated carbocycles. The lowest BCUT2D eigenvalue weighted by Crippen LogP contribution is -2.50. The van der Waals surface area contributed by atoms with Crippen molar-refractivity contribution in [1.82, 2.24) is 4.90 Å². The van der Waals surface area contributed by atoms with Gasteiger partial charge in [0, 0.05) is 56.6 Å². The normalized spacial score (nSPS) is 18.4. The summed E-state index contributed by atoms with van der Waals surface area (Å²) in [5.41, 5.74) is 1.56. The van der Waals surface area contributed by atoms with Gasteiger partial charge in [-0.2, -0.15) is 0 Å². The Balaban J connectivity index is 1.24. The van der Waals surface area contributed by atoms with Crippen molar-refractivity contribution in [3.63, 3.8) is 0 Å². The lowest BCUT2D eigenvalue weighted by atomic mass is 10.1. The second kappa shape index (κ2) is 9.89. The average Bonchev–Trinajstić information content (AvgIpc) is 3.24. The van der Waals surface area contributed by atoms with E-state index in [9.17, 15) is 18.8 Å². The summed E-state index contributed by atoms with van der Waals surface area (Å²) in [6, 6.07) is 13.3. The van der Waals surface area contributed by atoms with Crippen molar-refractivity contribution in [1.29, 1.82) is 0 Å². The zero-order chi connectivity index (χ0) is 23.4. The number of hydrogen-bond donors (Lipinski definition) is 0. The molecule has 2 fully saturated rings. The minimum atomic E-state index is -0.619. The molecule has 0 aliphatic carbocycles. The van der Waals surface area contributed by atoms with Crippen molar-refractivity contribution in [2.75, 3.05) is 56.2 Å². The van der Waals surface area contributed by atoms with E-state index in [-0.39, 0.29) is 37.2 Å². The summed E-state index contributed by atoms with van der Waals surface area (Å²) in [7, 11) is 1.55. The quantitative estimate of drug-likeness (QED) is 0.621. The fourth-order valence-electron chi connectivity index (χ4n) is 4.10. The van der Waals surface area contributed by atoms with Gasteiger partial charge in [0.25, 0.3) is 5.91 Å². The van der Waals surface area contributed by atoms with Crippen molar-refractivity contribution >= 4 is 29.2 Å². The molecule has 2 aliphatic rings. The van der Waals surface area contributed by atoms with E-state index in [0.717, 1.165) is 5.69 Å². The number of nitrogens with zero attached hydrogens (tertiary/aromatic N) is 3. The Bertz CT molecular complexity index is 1020. The van der Waals surface area contributed by atoms with E-state index in [4.69, 9.17) is 9.47 Å². The van der Waals surface area contributed by atoms with Crippen LogP contribution in [-0.4, -0.2) is 69.1 Å². The zero-order valence-electron chi connectivity index (χ0n) is 18.4. The molecule has 0 bridgehead atoms. The van der Waals surface area contributed by atoms with Crippen LogP contribution < -0.4 is 14.5 Å². The lowest BCUT2D eigenvalue weighted by molar-refractivity contribution is -0.155. The summed E-state index contributed by atoms with van der Waals surface area (Å²) >= 11 is 0. The van der Waals surface area contributed by atoms with E-state index < -0.39 is 11.9 Å². The number of piperazine rings is 1. The topological polar surface area (TPSA) is 79.4 Å². The molecule has 174 valence electrons. The third kappa shape index (κ3) is 5.24. The minimum Gasteiger partial charge on any atom is -0.497 e. The highest BCUT2D eigenvalue weighted by Gasteiger charge is 2.36. The number of benzene rings is 2. The van der Waals surface area contributed by atoms with Gasteiger partial charge in [-0.05, 0) is 36.4 Å². The van der Waals surface area contributed by atoms with Crippen LogP contribution in [0.1, 0.15) is 6.42 Å². The Morgan fingerprint density at radius 3 is 2.45 bits per heavy atom. The molecule has 2 aromatic rings. The van der Waals surface area contributed by atoms with E-state index in [0.29, 0.717) is 37.6 Å². The van der Waals surface area contributed by atoms with Gasteiger partial charge in [-0.25, -0.2) is 4.39 Å². The van der Waals surface area contributed by atoms with Crippen LogP contribution in [0, 0.1) is 11.7 Å². The van der Waals surface area contributed by atoms with Gasteiger partial charge in [-0.15, -0.1) is 0 Å². The SMILES string of the molecule is COc1cccc(N2CC(C(=O)OCC(=O)N3CCN(c4ccc(F)cc4)CC3)CC2=O)c1. The highest BCUT2D eigenvalue weighted by molar-refractivity contribution is 5.99. The van der Waals surface area contributed by atoms with E-state index in [1.54, 1.807) is 48.4 Å². The van der Waals surface area contributed by atoms with Gasteiger partial charge in [0.2, 0.25) is 5.91 Å². The average molecular weight is 455 g/mol. The van der Waals surface area contributed by atoms with Crippen LogP contribution in [0.4, 0.5) is 15.8 Å². The number of ether oxygens (including phenoxy) is 2. The Labute approximate surface area is 191 Å². The molecule has 4 rings (SSSR count). The smallest absolute Gasteiger partial charge is 0.311 e. The molecule has 2 saturated heterocycles. The van der Waals surface area contributed by atoms with Crippen LogP contribution in [0.25, 0.3) is 0 Å². The number of rotatable bonds is 6. The highest BCUT2D eigenvalue weighted by Crippen LogP contribution is 2.28. The molecule has 0 N–H and O–H groups in total. The minimum absolute atomic E-state index is 0.0422. The van der Waals surface area contributed by atoms with Gasteiger partial charge < -0.3 is 24.2 Å². The Kier molecular flexibility index (Phi) is 6.76. The predicted molar refractivity (Wildman–Crippen MR) is 120 cm³/mol. The predicted octanol–water partition coefficient (Wildman–Crippen LogP) is 2.08. The number of methoxy groups -OCH3 is 1. The Hall–Kier alpha value is -3.62. The number of carbonyl (C=O) groups is 3. The third-order valence-corrected chi connectivity index (χ3v) is 5.99.